The summed E-state index contributed by atoms with van der Waals surface area (Å²) < 4.78 is 4.80. The van der Waals surface area contributed by atoms with E-state index in [9.17, 15) is 0 Å². The molecule has 6 aromatic carbocycles. The van der Waals surface area contributed by atoms with Crippen molar-refractivity contribution in [2.75, 3.05) is 0 Å². The highest BCUT2D eigenvalue weighted by Gasteiger charge is 2.20. The van der Waals surface area contributed by atoms with Crippen molar-refractivity contribution in [2.45, 2.75) is 0 Å². The Kier molecular flexibility index (Phi) is 4.55. The fraction of sp³-hybridized carbons (Fsp3) is 0. The van der Waals surface area contributed by atoms with E-state index in [0.29, 0.717) is 0 Å². The molecular formula is C36H24N2. The minimum atomic E-state index is 1.17. The lowest BCUT2D eigenvalue weighted by Crippen LogP contribution is -1.94. The summed E-state index contributed by atoms with van der Waals surface area (Å²) in [6.45, 7) is 0. The van der Waals surface area contributed by atoms with Crippen LogP contribution in [0.1, 0.15) is 0 Å². The first-order chi connectivity index (χ1) is 18.9. The van der Waals surface area contributed by atoms with E-state index in [1.165, 1.54) is 66.1 Å². The van der Waals surface area contributed by atoms with E-state index in [0.717, 1.165) is 0 Å². The molecule has 38 heavy (non-hydrogen) atoms. The quantitative estimate of drug-likeness (QED) is 0.236. The first-order valence-electron chi connectivity index (χ1n) is 13.0. The van der Waals surface area contributed by atoms with Gasteiger partial charge in [-0.3, -0.25) is 0 Å². The zero-order valence-electron chi connectivity index (χ0n) is 20.8. The van der Waals surface area contributed by atoms with Crippen LogP contribution in [0, 0.1) is 0 Å². The molecule has 0 radical (unpaired) electrons. The second-order valence-electron chi connectivity index (χ2n) is 9.81. The molecule has 0 atom stereocenters. The number of fused-ring (bicyclic) bond motifs is 7. The Balaban J connectivity index is 1.46. The van der Waals surface area contributed by atoms with Crippen molar-refractivity contribution in [2.24, 2.45) is 0 Å². The van der Waals surface area contributed by atoms with E-state index in [2.05, 4.69) is 155 Å². The summed E-state index contributed by atoms with van der Waals surface area (Å²) in [5.41, 5.74) is 9.71. The Bertz CT molecular complexity index is 2100. The first-order valence-corrected chi connectivity index (χ1v) is 13.0. The molecule has 0 aliphatic carbocycles. The molecule has 0 unspecified atom stereocenters. The fourth-order valence-electron chi connectivity index (χ4n) is 6.09. The number of nitrogens with zero attached hydrogens (tertiary/aromatic N) is 2. The average molecular weight is 485 g/mol. The highest BCUT2D eigenvalue weighted by Crippen LogP contribution is 2.42. The van der Waals surface area contributed by atoms with Crippen LogP contribution in [0.5, 0.6) is 0 Å². The molecule has 0 N–H and O–H groups in total. The van der Waals surface area contributed by atoms with Crippen LogP contribution in [0.4, 0.5) is 0 Å². The monoisotopic (exact) mass is 484 g/mol. The minimum Gasteiger partial charge on any atom is -0.309 e. The van der Waals surface area contributed by atoms with Gasteiger partial charge in [0, 0.05) is 32.9 Å². The lowest BCUT2D eigenvalue weighted by Gasteiger charge is -2.10. The molecule has 0 spiro atoms. The van der Waals surface area contributed by atoms with Gasteiger partial charge in [0.2, 0.25) is 0 Å². The molecular weight excluding hydrogens is 460 g/mol. The third kappa shape index (κ3) is 3.01. The summed E-state index contributed by atoms with van der Waals surface area (Å²) in [5.74, 6) is 0. The van der Waals surface area contributed by atoms with Gasteiger partial charge < -0.3 is 9.13 Å². The minimum absolute atomic E-state index is 1.17. The molecule has 0 amide bonds. The van der Waals surface area contributed by atoms with E-state index in [-0.39, 0.29) is 0 Å². The average Bonchev–Trinajstić information content (AvgIpc) is 3.51. The Hall–Kier alpha value is -5.08. The molecule has 2 aromatic heterocycles. The predicted octanol–water partition coefficient (Wildman–Crippen LogP) is 9.55. The lowest BCUT2D eigenvalue weighted by atomic mass is 10.1. The maximum Gasteiger partial charge on any atom is 0.0548 e. The van der Waals surface area contributed by atoms with Crippen LogP contribution in [-0.4, -0.2) is 9.13 Å². The van der Waals surface area contributed by atoms with E-state index in [4.69, 9.17) is 0 Å². The third-order valence-electron chi connectivity index (χ3n) is 7.72. The van der Waals surface area contributed by atoms with E-state index < -0.39 is 0 Å². The fourth-order valence-corrected chi connectivity index (χ4v) is 6.09. The van der Waals surface area contributed by atoms with Gasteiger partial charge in [0.05, 0.1) is 22.1 Å². The van der Waals surface area contributed by atoms with Gasteiger partial charge in [0.1, 0.15) is 0 Å². The second-order valence-corrected chi connectivity index (χ2v) is 9.81. The summed E-state index contributed by atoms with van der Waals surface area (Å²) in [5, 5.41) is 5.16. The summed E-state index contributed by atoms with van der Waals surface area (Å²) >= 11 is 0. The molecule has 2 heterocycles. The number of hydrogen-bond acceptors (Lipinski definition) is 0. The van der Waals surface area contributed by atoms with Gasteiger partial charge in [-0.2, -0.15) is 0 Å². The van der Waals surface area contributed by atoms with Gasteiger partial charge in [-0.25, -0.2) is 0 Å². The molecule has 0 fully saturated rings. The molecule has 178 valence electrons. The summed E-state index contributed by atoms with van der Waals surface area (Å²) in [7, 11) is 0. The molecule has 0 aliphatic rings. The van der Waals surface area contributed by atoms with Crippen LogP contribution < -0.4 is 0 Å². The third-order valence-corrected chi connectivity index (χ3v) is 7.72. The molecule has 2 heteroatoms. The normalized spacial score (nSPS) is 11.7. The highest BCUT2D eigenvalue weighted by molar-refractivity contribution is 6.28. The Morgan fingerprint density at radius 2 is 0.711 bits per heavy atom. The van der Waals surface area contributed by atoms with Crippen molar-refractivity contribution in [3.8, 4) is 22.5 Å². The van der Waals surface area contributed by atoms with Crippen molar-refractivity contribution in [1.29, 1.82) is 0 Å². The Morgan fingerprint density at radius 3 is 1.26 bits per heavy atom. The maximum absolute atomic E-state index is 2.41. The van der Waals surface area contributed by atoms with Gasteiger partial charge in [-0.15, -0.1) is 0 Å². The van der Waals surface area contributed by atoms with Crippen LogP contribution in [-0.2, 0) is 0 Å². The molecule has 2 nitrogen and oxygen atoms in total. The summed E-state index contributed by atoms with van der Waals surface area (Å²) in [4.78, 5) is 0. The number of para-hydroxylation sites is 3. The van der Waals surface area contributed by atoms with Gasteiger partial charge in [0.25, 0.3) is 0 Å². The van der Waals surface area contributed by atoms with Crippen molar-refractivity contribution < 1.29 is 0 Å². The van der Waals surface area contributed by atoms with Crippen LogP contribution in [0.25, 0.3) is 66.1 Å². The zero-order valence-corrected chi connectivity index (χ0v) is 20.8. The molecule has 0 saturated carbocycles. The van der Waals surface area contributed by atoms with Crippen LogP contribution in [0.2, 0.25) is 0 Å². The predicted molar refractivity (Wildman–Crippen MR) is 161 cm³/mol. The second kappa shape index (κ2) is 8.22. The molecule has 8 rings (SSSR count). The largest absolute Gasteiger partial charge is 0.309 e. The van der Waals surface area contributed by atoms with Crippen molar-refractivity contribution in [1.82, 2.24) is 9.13 Å². The molecule has 0 aliphatic heterocycles. The summed E-state index contributed by atoms with van der Waals surface area (Å²) in [6.07, 6.45) is 0. The van der Waals surface area contributed by atoms with Gasteiger partial charge in [-0.05, 0) is 59.7 Å². The van der Waals surface area contributed by atoms with E-state index >= 15 is 0 Å². The Labute approximate surface area is 220 Å². The van der Waals surface area contributed by atoms with Crippen LogP contribution in [0.15, 0.2) is 146 Å². The van der Waals surface area contributed by atoms with E-state index in [1.54, 1.807) is 0 Å². The first kappa shape index (κ1) is 21.0. The molecule has 0 bridgehead atoms. The number of benzene rings is 6. The lowest BCUT2D eigenvalue weighted by molar-refractivity contribution is 1.17. The van der Waals surface area contributed by atoms with Gasteiger partial charge in [0.15, 0.2) is 0 Å². The standard InChI is InChI=1S/C36H24N2/c1-3-11-25(12-4-1)26-19-21-28(22-20-26)38-32-18-10-8-16-30(32)36-34(38)24-23-33-35(36)29-15-7-9-17-31(29)37(33)27-13-5-2-6-14-27/h1-24H. The number of aromatic nitrogens is 2. The molecule has 0 saturated heterocycles. The van der Waals surface area contributed by atoms with Crippen LogP contribution in [0.3, 0.4) is 0 Å². The number of rotatable bonds is 3. The summed E-state index contributed by atoms with van der Waals surface area (Å²) in [6, 6.07) is 52.3. The SMILES string of the molecule is c1ccc(-c2ccc(-n3c4ccccc4c4c5c6ccccc6n(-c6ccccc6)c5ccc43)cc2)cc1. The highest BCUT2D eigenvalue weighted by atomic mass is 15.0. The van der Waals surface area contributed by atoms with Crippen molar-refractivity contribution in [3.05, 3.63) is 146 Å². The molecule has 8 aromatic rings. The smallest absolute Gasteiger partial charge is 0.0548 e. The Morgan fingerprint density at radius 1 is 0.289 bits per heavy atom. The maximum atomic E-state index is 2.41. The van der Waals surface area contributed by atoms with Gasteiger partial charge >= 0.3 is 0 Å². The zero-order chi connectivity index (χ0) is 25.1. The van der Waals surface area contributed by atoms with Crippen LogP contribution >= 0.6 is 0 Å². The van der Waals surface area contributed by atoms with Gasteiger partial charge in [-0.1, -0.05) is 97.1 Å². The van der Waals surface area contributed by atoms with E-state index in [1.807, 2.05) is 0 Å². The van der Waals surface area contributed by atoms with Crippen molar-refractivity contribution in [3.63, 3.8) is 0 Å². The van der Waals surface area contributed by atoms with Crippen molar-refractivity contribution >= 4 is 43.6 Å². The topological polar surface area (TPSA) is 9.86 Å². The number of hydrogen-bond donors (Lipinski definition) is 0.